The average Bonchev–Trinajstić information content (AvgIpc) is 3.42. The van der Waals surface area contributed by atoms with Crippen molar-refractivity contribution in [3.8, 4) is 56.6 Å². The van der Waals surface area contributed by atoms with Crippen molar-refractivity contribution in [2.24, 2.45) is 0 Å². The van der Waals surface area contributed by atoms with E-state index in [2.05, 4.69) is 94.9 Å². The van der Waals surface area contributed by atoms with Gasteiger partial charge in [-0.2, -0.15) is 10.5 Å². The zero-order valence-corrected chi connectivity index (χ0v) is 21.7. The van der Waals surface area contributed by atoms with Gasteiger partial charge in [0, 0.05) is 46.7 Å². The maximum absolute atomic E-state index is 9.19. The van der Waals surface area contributed by atoms with Gasteiger partial charge in [-0.05, 0) is 69.8 Å². The van der Waals surface area contributed by atoms with Gasteiger partial charge in [-0.3, -0.25) is 9.97 Å². The molecule has 3 aromatic heterocycles. The zero-order chi connectivity index (χ0) is 27.8. The Kier molecular flexibility index (Phi) is 5.82. The molecule has 0 atom stereocenters. The number of hydrogen-bond donors (Lipinski definition) is 0. The molecule has 0 aliphatic carbocycles. The van der Waals surface area contributed by atoms with Crippen molar-refractivity contribution in [2.75, 3.05) is 0 Å². The number of rotatable bonds is 4. The fourth-order valence-electron chi connectivity index (χ4n) is 5.16. The van der Waals surface area contributed by atoms with Crippen LogP contribution in [0.4, 0.5) is 0 Å². The maximum Gasteiger partial charge on any atom is 0.135 e. The Bertz CT molecular complexity index is 2010. The smallest absolute Gasteiger partial charge is 0.135 e. The van der Waals surface area contributed by atoms with Gasteiger partial charge in [0.25, 0.3) is 0 Å². The summed E-state index contributed by atoms with van der Waals surface area (Å²) in [5.74, 6) is 0. The number of furan rings is 1. The van der Waals surface area contributed by atoms with Gasteiger partial charge < -0.3 is 4.42 Å². The number of hydrogen-bond acceptors (Lipinski definition) is 5. The van der Waals surface area contributed by atoms with Crippen LogP contribution in [0.15, 0.2) is 126 Å². The Morgan fingerprint density at radius 3 is 1.17 bits per heavy atom. The highest BCUT2D eigenvalue weighted by Crippen LogP contribution is 2.36. The number of pyridine rings is 2. The van der Waals surface area contributed by atoms with E-state index in [1.165, 1.54) is 0 Å². The van der Waals surface area contributed by atoms with Crippen LogP contribution in [0, 0.1) is 22.7 Å². The second-order valence-electron chi connectivity index (χ2n) is 9.83. The minimum atomic E-state index is 0.543. The molecule has 4 aromatic carbocycles. The molecule has 0 saturated heterocycles. The highest BCUT2D eigenvalue weighted by Gasteiger charge is 2.11. The number of nitriles is 2. The summed E-state index contributed by atoms with van der Waals surface area (Å²) < 4.78 is 6.17. The van der Waals surface area contributed by atoms with E-state index in [-0.39, 0.29) is 0 Å². The lowest BCUT2D eigenvalue weighted by molar-refractivity contribution is 0.669. The SMILES string of the molecule is N#Cc1cncc(-c2ccc(-c3ccc4oc5ccc(-c6ccc(-c7cncc(C#N)c7)cc6)cc5c4c3)cc2)c1. The van der Waals surface area contributed by atoms with E-state index in [0.717, 1.165) is 66.4 Å². The summed E-state index contributed by atoms with van der Waals surface area (Å²) in [5.41, 5.74) is 11.0. The summed E-state index contributed by atoms with van der Waals surface area (Å²) in [6.07, 6.45) is 6.68. The van der Waals surface area contributed by atoms with E-state index < -0.39 is 0 Å². The number of benzene rings is 4. The van der Waals surface area contributed by atoms with Crippen LogP contribution in [0.1, 0.15) is 11.1 Å². The molecule has 0 fully saturated rings. The van der Waals surface area contributed by atoms with Gasteiger partial charge in [0.05, 0.1) is 11.1 Å². The molecule has 0 bridgehead atoms. The zero-order valence-electron chi connectivity index (χ0n) is 21.7. The van der Waals surface area contributed by atoms with Crippen molar-refractivity contribution in [3.63, 3.8) is 0 Å². The Hall–Kier alpha value is -6.04. The van der Waals surface area contributed by atoms with Gasteiger partial charge >= 0.3 is 0 Å². The van der Waals surface area contributed by atoms with Crippen molar-refractivity contribution in [1.29, 1.82) is 10.5 Å². The predicted octanol–water partition coefficient (Wildman–Crippen LogP) is 8.79. The third-order valence-corrected chi connectivity index (χ3v) is 7.31. The van der Waals surface area contributed by atoms with Crippen LogP contribution in [0.5, 0.6) is 0 Å². The lowest BCUT2D eigenvalue weighted by Crippen LogP contribution is -1.84. The van der Waals surface area contributed by atoms with Crippen molar-refractivity contribution in [2.45, 2.75) is 0 Å². The monoisotopic (exact) mass is 524 g/mol. The Balaban J connectivity index is 1.22. The molecule has 0 aliphatic heterocycles. The molecule has 5 heteroatoms. The van der Waals surface area contributed by atoms with Crippen molar-refractivity contribution in [1.82, 2.24) is 9.97 Å². The third-order valence-electron chi connectivity index (χ3n) is 7.31. The van der Waals surface area contributed by atoms with Crippen molar-refractivity contribution >= 4 is 21.9 Å². The average molecular weight is 525 g/mol. The molecular formula is C36H20N4O. The minimum Gasteiger partial charge on any atom is -0.456 e. The first-order valence-corrected chi connectivity index (χ1v) is 13.1. The predicted molar refractivity (Wildman–Crippen MR) is 160 cm³/mol. The molecule has 0 radical (unpaired) electrons. The first-order chi connectivity index (χ1) is 20.2. The molecule has 0 unspecified atom stereocenters. The minimum absolute atomic E-state index is 0.543. The first-order valence-electron chi connectivity index (χ1n) is 13.1. The van der Waals surface area contributed by atoms with Crippen LogP contribution in [-0.4, -0.2) is 9.97 Å². The van der Waals surface area contributed by atoms with E-state index in [4.69, 9.17) is 4.42 Å². The molecule has 190 valence electrons. The van der Waals surface area contributed by atoms with E-state index in [1.807, 2.05) is 24.3 Å². The second-order valence-corrected chi connectivity index (χ2v) is 9.83. The van der Waals surface area contributed by atoms with Crippen molar-refractivity contribution < 1.29 is 4.42 Å². The molecule has 0 N–H and O–H groups in total. The lowest BCUT2D eigenvalue weighted by atomic mass is 9.97. The summed E-state index contributed by atoms with van der Waals surface area (Å²) in [7, 11) is 0. The number of aromatic nitrogens is 2. The van der Waals surface area contributed by atoms with Crippen molar-refractivity contribution in [3.05, 3.63) is 133 Å². The fourth-order valence-corrected chi connectivity index (χ4v) is 5.16. The van der Waals surface area contributed by atoms with E-state index in [9.17, 15) is 10.5 Å². The molecule has 3 heterocycles. The summed E-state index contributed by atoms with van der Waals surface area (Å²) in [5, 5.41) is 20.5. The molecule has 7 rings (SSSR count). The Morgan fingerprint density at radius 2 is 0.780 bits per heavy atom. The maximum atomic E-state index is 9.19. The lowest BCUT2D eigenvalue weighted by Gasteiger charge is -2.06. The van der Waals surface area contributed by atoms with E-state index >= 15 is 0 Å². The molecule has 0 aliphatic rings. The molecule has 0 spiro atoms. The highest BCUT2D eigenvalue weighted by molar-refractivity contribution is 6.07. The normalized spacial score (nSPS) is 10.9. The van der Waals surface area contributed by atoms with Crippen LogP contribution in [0.25, 0.3) is 66.4 Å². The summed E-state index contributed by atoms with van der Waals surface area (Å²) >= 11 is 0. The van der Waals surface area contributed by atoms with Crippen LogP contribution in [0.2, 0.25) is 0 Å². The van der Waals surface area contributed by atoms with Crippen LogP contribution in [0.3, 0.4) is 0 Å². The molecule has 0 saturated carbocycles. The van der Waals surface area contributed by atoms with E-state index in [1.54, 1.807) is 24.8 Å². The summed E-state index contributed by atoms with van der Waals surface area (Å²) in [6, 6.07) is 37.1. The van der Waals surface area contributed by atoms with E-state index in [0.29, 0.717) is 11.1 Å². The van der Waals surface area contributed by atoms with Crippen LogP contribution < -0.4 is 0 Å². The summed E-state index contributed by atoms with van der Waals surface area (Å²) in [4.78, 5) is 8.35. The largest absolute Gasteiger partial charge is 0.456 e. The standard InChI is InChI=1S/C36H20N4O/c37-17-23-13-31(21-39-19-23)27-5-1-25(2-6-27)29-9-11-35-33(15-29)34-16-30(10-12-36(34)41-35)26-3-7-28(8-4-26)32-14-24(18-38)20-40-22-32/h1-16,19-22H. The van der Waals surface area contributed by atoms with Crippen LogP contribution in [-0.2, 0) is 0 Å². The van der Waals surface area contributed by atoms with Gasteiger partial charge in [0.1, 0.15) is 23.3 Å². The van der Waals surface area contributed by atoms with Gasteiger partial charge in [-0.1, -0.05) is 60.7 Å². The number of nitrogens with zero attached hydrogens (tertiary/aromatic N) is 4. The van der Waals surface area contributed by atoms with Gasteiger partial charge in [0.15, 0.2) is 0 Å². The fraction of sp³-hybridized carbons (Fsp3) is 0. The molecular weight excluding hydrogens is 504 g/mol. The number of fused-ring (bicyclic) bond motifs is 3. The Labute approximate surface area is 236 Å². The molecule has 7 aromatic rings. The van der Waals surface area contributed by atoms with Gasteiger partial charge in [-0.15, -0.1) is 0 Å². The summed E-state index contributed by atoms with van der Waals surface area (Å²) in [6.45, 7) is 0. The molecule has 41 heavy (non-hydrogen) atoms. The quantitative estimate of drug-likeness (QED) is 0.230. The van der Waals surface area contributed by atoms with Gasteiger partial charge in [-0.25, -0.2) is 0 Å². The first kappa shape index (κ1) is 24.0. The third kappa shape index (κ3) is 4.48. The highest BCUT2D eigenvalue weighted by atomic mass is 16.3. The topological polar surface area (TPSA) is 86.5 Å². The molecule has 0 amide bonds. The van der Waals surface area contributed by atoms with Gasteiger partial charge in [0.2, 0.25) is 0 Å². The second kappa shape index (κ2) is 9.93. The molecule has 5 nitrogen and oxygen atoms in total. The Morgan fingerprint density at radius 1 is 0.415 bits per heavy atom. The van der Waals surface area contributed by atoms with Crippen LogP contribution >= 0.6 is 0 Å².